The van der Waals surface area contributed by atoms with Crippen molar-refractivity contribution in [3.63, 3.8) is 0 Å². The average Bonchev–Trinajstić information content (AvgIpc) is 2.43. The van der Waals surface area contributed by atoms with Crippen molar-refractivity contribution in [3.8, 4) is 5.75 Å². The summed E-state index contributed by atoms with van der Waals surface area (Å²) in [5, 5.41) is 17.5. The zero-order valence-corrected chi connectivity index (χ0v) is 12.5. The van der Waals surface area contributed by atoms with Gasteiger partial charge in [0, 0.05) is 11.6 Å². The van der Waals surface area contributed by atoms with Crippen LogP contribution in [0.1, 0.15) is 38.2 Å². The monoisotopic (exact) mass is 291 g/mol. The number of hydrogen-bond acceptors (Lipinski definition) is 3. The zero-order valence-electron chi connectivity index (χ0n) is 11.7. The molecule has 3 N–H and O–H groups in total. The van der Waals surface area contributed by atoms with Gasteiger partial charge in [0.15, 0.2) is 5.11 Å². The van der Waals surface area contributed by atoms with Crippen LogP contribution in [-0.4, -0.2) is 22.5 Å². The Bertz CT molecular complexity index is 490. The molecule has 108 valence electrons. The van der Waals surface area contributed by atoms with Crippen LogP contribution < -0.4 is 10.7 Å². The smallest absolute Gasteiger partial charge is 0.187 e. The summed E-state index contributed by atoms with van der Waals surface area (Å²) in [6, 6.07) is 7.48. The minimum Gasteiger partial charge on any atom is -0.507 e. The lowest BCUT2D eigenvalue weighted by atomic mass is 9.86. The van der Waals surface area contributed by atoms with E-state index in [4.69, 9.17) is 12.2 Å². The molecule has 0 bridgehead atoms. The Morgan fingerprint density at radius 3 is 2.85 bits per heavy atom. The second kappa shape index (κ2) is 7.24. The van der Waals surface area contributed by atoms with Gasteiger partial charge in [-0.15, -0.1) is 0 Å². The van der Waals surface area contributed by atoms with Crippen LogP contribution in [0, 0.1) is 5.92 Å². The summed E-state index contributed by atoms with van der Waals surface area (Å²) in [6.07, 6.45) is 6.54. The molecule has 20 heavy (non-hydrogen) atoms. The summed E-state index contributed by atoms with van der Waals surface area (Å²) in [6.45, 7) is 2.25. The lowest BCUT2D eigenvalue weighted by Crippen LogP contribution is -2.44. The SMILES string of the molecule is C[C@H]1CCCC[C@@H]1NC(=S)N/N=C/c1ccccc1O. The number of nitrogens with zero attached hydrogens (tertiary/aromatic N) is 1. The number of thiocarbonyl (C=S) groups is 1. The Balaban J connectivity index is 1.81. The second-order valence-electron chi connectivity index (χ2n) is 5.27. The van der Waals surface area contributed by atoms with E-state index < -0.39 is 0 Å². The summed E-state index contributed by atoms with van der Waals surface area (Å²) in [5.41, 5.74) is 3.47. The third-order valence-corrected chi connectivity index (χ3v) is 3.94. The number of aromatic hydroxyl groups is 1. The maximum Gasteiger partial charge on any atom is 0.187 e. The Morgan fingerprint density at radius 1 is 1.35 bits per heavy atom. The van der Waals surface area contributed by atoms with Crippen molar-refractivity contribution < 1.29 is 5.11 Å². The number of para-hydroxylation sites is 1. The van der Waals surface area contributed by atoms with Crippen LogP contribution in [0.5, 0.6) is 5.75 Å². The molecule has 0 amide bonds. The number of phenols is 1. The van der Waals surface area contributed by atoms with Crippen LogP contribution in [0.25, 0.3) is 0 Å². The first-order chi connectivity index (χ1) is 9.66. The van der Waals surface area contributed by atoms with Crippen LogP contribution in [-0.2, 0) is 0 Å². The van der Waals surface area contributed by atoms with Crippen LogP contribution in [0.15, 0.2) is 29.4 Å². The highest BCUT2D eigenvalue weighted by atomic mass is 32.1. The fourth-order valence-electron chi connectivity index (χ4n) is 2.49. The molecule has 0 radical (unpaired) electrons. The number of phenolic OH excluding ortho intramolecular Hbond substituents is 1. The first-order valence-corrected chi connectivity index (χ1v) is 7.45. The van der Waals surface area contributed by atoms with E-state index in [1.807, 2.05) is 6.07 Å². The van der Waals surface area contributed by atoms with E-state index in [2.05, 4.69) is 22.8 Å². The lowest BCUT2D eigenvalue weighted by molar-refractivity contribution is 0.308. The van der Waals surface area contributed by atoms with E-state index in [1.54, 1.807) is 24.4 Å². The molecule has 0 saturated heterocycles. The Hall–Kier alpha value is -1.62. The zero-order chi connectivity index (χ0) is 14.4. The largest absolute Gasteiger partial charge is 0.507 e. The van der Waals surface area contributed by atoms with Crippen LogP contribution in [0.2, 0.25) is 0 Å². The van der Waals surface area contributed by atoms with E-state index in [0.29, 0.717) is 22.6 Å². The molecule has 0 aliphatic heterocycles. The Kier molecular flexibility index (Phi) is 5.35. The number of rotatable bonds is 3. The van der Waals surface area contributed by atoms with Crippen LogP contribution >= 0.6 is 12.2 Å². The van der Waals surface area contributed by atoms with Crippen molar-refractivity contribution in [1.29, 1.82) is 0 Å². The van der Waals surface area contributed by atoms with Gasteiger partial charge >= 0.3 is 0 Å². The molecule has 0 unspecified atom stereocenters. The molecule has 1 aromatic rings. The summed E-state index contributed by atoms with van der Waals surface area (Å²) in [7, 11) is 0. The predicted octanol–water partition coefficient (Wildman–Crippen LogP) is 2.77. The van der Waals surface area contributed by atoms with Crippen molar-refractivity contribution in [3.05, 3.63) is 29.8 Å². The quantitative estimate of drug-likeness (QED) is 0.455. The molecular weight excluding hydrogens is 270 g/mol. The van der Waals surface area contributed by atoms with E-state index in [9.17, 15) is 5.11 Å². The maximum absolute atomic E-state index is 9.60. The highest BCUT2D eigenvalue weighted by Crippen LogP contribution is 2.23. The average molecular weight is 291 g/mol. The van der Waals surface area contributed by atoms with Crippen molar-refractivity contribution >= 4 is 23.5 Å². The van der Waals surface area contributed by atoms with E-state index in [0.717, 1.165) is 6.42 Å². The van der Waals surface area contributed by atoms with Gasteiger partial charge in [0.05, 0.1) is 6.21 Å². The van der Waals surface area contributed by atoms with Crippen molar-refractivity contribution in [2.75, 3.05) is 0 Å². The first kappa shape index (κ1) is 14.8. The molecule has 0 heterocycles. The Morgan fingerprint density at radius 2 is 2.10 bits per heavy atom. The fraction of sp³-hybridized carbons (Fsp3) is 0.467. The number of hydrazone groups is 1. The number of benzene rings is 1. The van der Waals surface area contributed by atoms with Gasteiger partial charge in [-0.1, -0.05) is 31.9 Å². The molecule has 1 fully saturated rings. The summed E-state index contributed by atoms with van der Waals surface area (Å²) < 4.78 is 0. The molecular formula is C15H21N3OS. The van der Waals surface area contributed by atoms with Crippen LogP contribution in [0.4, 0.5) is 0 Å². The predicted molar refractivity (Wildman–Crippen MR) is 86.0 cm³/mol. The van der Waals surface area contributed by atoms with Gasteiger partial charge < -0.3 is 10.4 Å². The molecule has 2 atom stereocenters. The molecule has 4 nitrogen and oxygen atoms in total. The third kappa shape index (κ3) is 4.20. The standard InChI is InChI=1S/C15H21N3OS/c1-11-6-2-4-8-13(11)17-15(20)18-16-10-12-7-3-5-9-14(12)19/h3,5,7,9-11,13,19H,2,4,6,8H2,1H3,(H2,17,18,20)/b16-10+/t11-,13-/m0/s1. The minimum atomic E-state index is 0.206. The van der Waals surface area contributed by atoms with Gasteiger partial charge in [0.25, 0.3) is 0 Å². The molecule has 2 rings (SSSR count). The Labute approximate surface area is 125 Å². The van der Waals surface area contributed by atoms with Crippen LogP contribution in [0.3, 0.4) is 0 Å². The minimum absolute atomic E-state index is 0.206. The summed E-state index contributed by atoms with van der Waals surface area (Å²) in [4.78, 5) is 0. The summed E-state index contributed by atoms with van der Waals surface area (Å²) in [5.74, 6) is 0.850. The van der Waals surface area contributed by atoms with Gasteiger partial charge in [-0.2, -0.15) is 5.10 Å². The van der Waals surface area contributed by atoms with Gasteiger partial charge in [-0.25, -0.2) is 0 Å². The highest BCUT2D eigenvalue weighted by molar-refractivity contribution is 7.80. The van der Waals surface area contributed by atoms with Gasteiger partial charge in [-0.3, -0.25) is 5.43 Å². The molecule has 1 aliphatic carbocycles. The number of hydrogen-bond donors (Lipinski definition) is 3. The van der Waals surface area contributed by atoms with Gasteiger partial charge in [-0.05, 0) is 43.1 Å². The molecule has 0 aromatic heterocycles. The molecule has 1 aromatic carbocycles. The topological polar surface area (TPSA) is 56.7 Å². The van der Waals surface area contributed by atoms with E-state index >= 15 is 0 Å². The van der Waals surface area contributed by atoms with Crippen molar-refractivity contribution in [2.45, 2.75) is 38.6 Å². The summed E-state index contributed by atoms with van der Waals surface area (Å²) >= 11 is 5.24. The normalized spacial score (nSPS) is 22.6. The maximum atomic E-state index is 9.60. The van der Waals surface area contributed by atoms with Crippen molar-refractivity contribution in [1.82, 2.24) is 10.7 Å². The van der Waals surface area contributed by atoms with Crippen molar-refractivity contribution in [2.24, 2.45) is 11.0 Å². The molecule has 5 heteroatoms. The third-order valence-electron chi connectivity index (χ3n) is 3.73. The number of nitrogens with one attached hydrogen (secondary N) is 2. The fourth-order valence-corrected chi connectivity index (χ4v) is 2.69. The first-order valence-electron chi connectivity index (χ1n) is 7.04. The molecule has 0 spiro atoms. The second-order valence-corrected chi connectivity index (χ2v) is 5.68. The molecule has 1 saturated carbocycles. The molecule has 1 aliphatic rings. The van der Waals surface area contributed by atoms with E-state index in [-0.39, 0.29) is 5.75 Å². The van der Waals surface area contributed by atoms with E-state index in [1.165, 1.54) is 19.3 Å². The van der Waals surface area contributed by atoms with Gasteiger partial charge in [0.1, 0.15) is 5.75 Å². The van der Waals surface area contributed by atoms with Gasteiger partial charge in [0.2, 0.25) is 0 Å². The lowest BCUT2D eigenvalue weighted by Gasteiger charge is -2.30. The highest BCUT2D eigenvalue weighted by Gasteiger charge is 2.21.